The zero-order chi connectivity index (χ0) is 15.6. The number of rotatable bonds is 5. The predicted molar refractivity (Wildman–Crippen MR) is 80.3 cm³/mol. The van der Waals surface area contributed by atoms with Crippen LogP contribution in [0.5, 0.6) is 0 Å². The molecule has 0 aliphatic carbocycles. The van der Waals surface area contributed by atoms with Gasteiger partial charge in [-0.2, -0.15) is 0 Å². The average molecular weight is 313 g/mol. The van der Waals surface area contributed by atoms with Gasteiger partial charge < -0.3 is 10.2 Å². The lowest BCUT2D eigenvalue weighted by Crippen LogP contribution is -2.19. The number of nitrogens with one attached hydrogen (secondary N) is 1. The van der Waals surface area contributed by atoms with Crippen molar-refractivity contribution in [1.82, 2.24) is 4.90 Å². The molecule has 1 aliphatic heterocycles. The molecule has 0 spiro atoms. The average Bonchev–Trinajstić information content (AvgIpc) is 2.80. The first kappa shape index (κ1) is 15.7. The molecule has 1 aromatic carbocycles. The van der Waals surface area contributed by atoms with Gasteiger partial charge >= 0.3 is 0 Å². The van der Waals surface area contributed by atoms with Gasteiger partial charge in [-0.1, -0.05) is 0 Å². The summed E-state index contributed by atoms with van der Waals surface area (Å²) in [5.74, 6) is 0.448. The van der Waals surface area contributed by atoms with Gasteiger partial charge in [0.25, 0.3) is 5.69 Å². The van der Waals surface area contributed by atoms with E-state index in [1.807, 2.05) is 7.05 Å². The van der Waals surface area contributed by atoms with E-state index >= 15 is 0 Å². The van der Waals surface area contributed by atoms with Crippen LogP contribution in [0.2, 0.25) is 0 Å². The van der Waals surface area contributed by atoms with Gasteiger partial charge in [-0.15, -0.1) is 0 Å². The Labute approximate surface area is 124 Å². The zero-order valence-corrected chi connectivity index (χ0v) is 12.9. The van der Waals surface area contributed by atoms with Crippen LogP contribution in [0.25, 0.3) is 0 Å². The van der Waals surface area contributed by atoms with Gasteiger partial charge in [0.2, 0.25) is 0 Å². The summed E-state index contributed by atoms with van der Waals surface area (Å²) in [6, 6.07) is 3.97. The first-order valence-corrected chi connectivity index (χ1v) is 8.57. The first-order valence-electron chi connectivity index (χ1n) is 6.68. The van der Waals surface area contributed by atoms with Crippen LogP contribution in [-0.2, 0) is 9.84 Å². The van der Waals surface area contributed by atoms with Gasteiger partial charge in [-0.25, -0.2) is 8.42 Å². The third-order valence-corrected chi connectivity index (χ3v) is 4.77. The zero-order valence-electron chi connectivity index (χ0n) is 12.1. The van der Waals surface area contributed by atoms with E-state index in [9.17, 15) is 18.5 Å². The molecule has 1 atom stereocenters. The minimum Gasteiger partial charge on any atom is -0.379 e. The first-order chi connectivity index (χ1) is 9.77. The lowest BCUT2D eigenvalue weighted by molar-refractivity contribution is -0.384. The molecule has 1 saturated heterocycles. The van der Waals surface area contributed by atoms with E-state index in [0.717, 1.165) is 31.8 Å². The minimum atomic E-state index is -3.45. The van der Waals surface area contributed by atoms with E-state index in [4.69, 9.17) is 0 Å². The van der Waals surface area contributed by atoms with Gasteiger partial charge in [-0.3, -0.25) is 10.1 Å². The maximum atomic E-state index is 11.5. The van der Waals surface area contributed by atoms with Gasteiger partial charge in [0.15, 0.2) is 9.84 Å². The highest BCUT2D eigenvalue weighted by Gasteiger charge is 2.22. The highest BCUT2D eigenvalue weighted by atomic mass is 32.2. The molecule has 1 fully saturated rings. The van der Waals surface area contributed by atoms with Gasteiger partial charge in [0.05, 0.1) is 9.82 Å². The lowest BCUT2D eigenvalue weighted by Gasteiger charge is -2.13. The molecule has 21 heavy (non-hydrogen) atoms. The molecule has 1 unspecified atom stereocenters. The SMILES string of the molecule is CN1CCC(CNc2ccc(S(C)(=O)=O)cc2[N+](=O)[O-])C1. The number of benzene rings is 1. The molecule has 7 nitrogen and oxygen atoms in total. The summed E-state index contributed by atoms with van der Waals surface area (Å²) in [5, 5.41) is 14.2. The number of nitro benzene ring substituents is 1. The van der Waals surface area contributed by atoms with Crippen LogP contribution in [0.1, 0.15) is 6.42 Å². The summed E-state index contributed by atoms with van der Waals surface area (Å²) in [4.78, 5) is 12.7. The highest BCUT2D eigenvalue weighted by molar-refractivity contribution is 7.90. The van der Waals surface area contributed by atoms with E-state index < -0.39 is 14.8 Å². The van der Waals surface area contributed by atoms with Crippen LogP contribution >= 0.6 is 0 Å². The third kappa shape index (κ3) is 3.92. The number of sulfone groups is 1. The molecule has 0 saturated carbocycles. The Hall–Kier alpha value is -1.67. The van der Waals surface area contributed by atoms with Gasteiger partial charge in [0.1, 0.15) is 5.69 Å². The molecular weight excluding hydrogens is 294 g/mol. The van der Waals surface area contributed by atoms with Gasteiger partial charge in [-0.05, 0) is 38.1 Å². The molecule has 0 aromatic heterocycles. The van der Waals surface area contributed by atoms with Crippen molar-refractivity contribution in [3.8, 4) is 0 Å². The number of hydrogen-bond acceptors (Lipinski definition) is 6. The normalized spacial score (nSPS) is 19.6. The maximum absolute atomic E-state index is 11.5. The topological polar surface area (TPSA) is 92.6 Å². The van der Waals surface area contributed by atoms with E-state index in [0.29, 0.717) is 18.2 Å². The van der Waals surface area contributed by atoms with Crippen molar-refractivity contribution < 1.29 is 13.3 Å². The molecule has 2 rings (SSSR count). The van der Waals surface area contributed by atoms with Crippen LogP contribution in [0.4, 0.5) is 11.4 Å². The van der Waals surface area contributed by atoms with E-state index in [1.165, 1.54) is 12.1 Å². The number of nitrogens with zero attached hydrogens (tertiary/aromatic N) is 2. The van der Waals surface area contributed by atoms with E-state index in [2.05, 4.69) is 10.2 Å². The monoisotopic (exact) mass is 313 g/mol. The van der Waals surface area contributed by atoms with Crippen LogP contribution in [-0.4, -0.2) is 51.2 Å². The summed E-state index contributed by atoms with van der Waals surface area (Å²) in [6.45, 7) is 2.63. The van der Waals surface area contributed by atoms with E-state index in [1.54, 1.807) is 0 Å². The number of nitro groups is 1. The fourth-order valence-corrected chi connectivity index (χ4v) is 3.13. The Balaban J connectivity index is 2.17. The third-order valence-electron chi connectivity index (χ3n) is 3.66. The van der Waals surface area contributed by atoms with Crippen LogP contribution in [0.15, 0.2) is 23.1 Å². The Kier molecular flexibility index (Phi) is 4.48. The lowest BCUT2D eigenvalue weighted by atomic mass is 10.1. The van der Waals surface area contributed by atoms with Crippen molar-refractivity contribution in [2.45, 2.75) is 11.3 Å². The fraction of sp³-hybridized carbons (Fsp3) is 0.538. The maximum Gasteiger partial charge on any atom is 0.293 e. The van der Waals surface area contributed by atoms with Crippen molar-refractivity contribution in [2.75, 3.05) is 38.3 Å². The Bertz CT molecular complexity index is 645. The summed E-state index contributed by atoms with van der Waals surface area (Å²) < 4.78 is 22.9. The summed E-state index contributed by atoms with van der Waals surface area (Å²) >= 11 is 0. The summed E-state index contributed by atoms with van der Waals surface area (Å²) in [6.07, 6.45) is 2.09. The molecule has 1 heterocycles. The number of likely N-dealkylation sites (tertiary alicyclic amines) is 1. The van der Waals surface area contributed by atoms with Crippen molar-refractivity contribution in [3.05, 3.63) is 28.3 Å². The Morgan fingerprint density at radius 2 is 2.19 bits per heavy atom. The van der Waals surface area contributed by atoms with Crippen molar-refractivity contribution >= 4 is 21.2 Å². The van der Waals surface area contributed by atoms with Gasteiger partial charge in [0, 0.05) is 25.4 Å². The standard InChI is InChI=1S/C13H19N3O4S/c1-15-6-5-10(9-15)8-14-12-4-3-11(21(2,19)20)7-13(12)16(17)18/h3-4,7,10,14H,5-6,8-9H2,1-2H3. The van der Waals surface area contributed by atoms with Crippen LogP contribution in [0, 0.1) is 16.0 Å². The second-order valence-corrected chi connectivity index (χ2v) is 7.52. The molecule has 1 aromatic rings. The smallest absolute Gasteiger partial charge is 0.293 e. The van der Waals surface area contributed by atoms with Crippen molar-refractivity contribution in [1.29, 1.82) is 0 Å². The Morgan fingerprint density at radius 3 is 2.71 bits per heavy atom. The predicted octanol–water partition coefficient (Wildman–Crippen LogP) is 1.36. The number of anilines is 1. The molecule has 0 radical (unpaired) electrons. The molecule has 116 valence electrons. The molecular formula is C13H19N3O4S. The summed E-state index contributed by atoms with van der Waals surface area (Å²) in [7, 11) is -1.41. The largest absolute Gasteiger partial charge is 0.379 e. The minimum absolute atomic E-state index is 0.0413. The number of hydrogen-bond donors (Lipinski definition) is 1. The van der Waals surface area contributed by atoms with E-state index in [-0.39, 0.29) is 10.6 Å². The second kappa shape index (κ2) is 5.98. The molecule has 1 aliphatic rings. The quantitative estimate of drug-likeness (QED) is 0.652. The van der Waals surface area contributed by atoms with Crippen LogP contribution < -0.4 is 5.32 Å². The fourth-order valence-electron chi connectivity index (χ4n) is 2.49. The molecule has 8 heteroatoms. The highest BCUT2D eigenvalue weighted by Crippen LogP contribution is 2.28. The van der Waals surface area contributed by atoms with Crippen molar-refractivity contribution in [3.63, 3.8) is 0 Å². The Morgan fingerprint density at radius 1 is 1.48 bits per heavy atom. The van der Waals surface area contributed by atoms with Crippen molar-refractivity contribution in [2.24, 2.45) is 5.92 Å². The summed E-state index contributed by atoms with van der Waals surface area (Å²) in [5.41, 5.74) is 0.159. The molecule has 1 N–H and O–H groups in total. The second-order valence-electron chi connectivity index (χ2n) is 5.51. The molecule has 0 bridgehead atoms. The molecule has 0 amide bonds. The van der Waals surface area contributed by atoms with Crippen LogP contribution in [0.3, 0.4) is 0 Å².